The summed E-state index contributed by atoms with van der Waals surface area (Å²) >= 11 is 1.67. The summed E-state index contributed by atoms with van der Waals surface area (Å²) in [5.74, 6) is -0.0775. The molecule has 7 heteroatoms. The predicted molar refractivity (Wildman–Crippen MR) is 88.9 cm³/mol. The molecule has 1 amide bonds. The van der Waals surface area contributed by atoms with Crippen molar-refractivity contribution in [2.75, 3.05) is 6.54 Å². The zero-order valence-electron chi connectivity index (χ0n) is 12.8. The lowest BCUT2D eigenvalue weighted by Crippen LogP contribution is -2.25. The highest BCUT2D eigenvalue weighted by Gasteiger charge is 2.06. The highest BCUT2D eigenvalue weighted by Crippen LogP contribution is 2.11. The molecule has 0 aliphatic rings. The van der Waals surface area contributed by atoms with Crippen LogP contribution in [0.2, 0.25) is 0 Å². The Hall–Kier alpha value is -2.54. The summed E-state index contributed by atoms with van der Waals surface area (Å²) in [6, 6.07) is 7.32. The van der Waals surface area contributed by atoms with Gasteiger partial charge in [0.1, 0.15) is 12.7 Å². The minimum absolute atomic E-state index is 0.0775. The van der Waals surface area contributed by atoms with Gasteiger partial charge in [-0.25, -0.2) is 4.98 Å². The van der Waals surface area contributed by atoms with Gasteiger partial charge in [-0.15, -0.1) is 21.5 Å². The zero-order valence-corrected chi connectivity index (χ0v) is 13.6. The molecule has 0 spiro atoms. The Labute approximate surface area is 138 Å². The molecule has 118 valence electrons. The summed E-state index contributed by atoms with van der Waals surface area (Å²) < 4.78 is 1.79. The maximum Gasteiger partial charge on any atom is 0.251 e. The molecule has 0 bridgehead atoms. The van der Waals surface area contributed by atoms with Gasteiger partial charge >= 0.3 is 0 Å². The van der Waals surface area contributed by atoms with Gasteiger partial charge in [-0.2, -0.15) is 0 Å². The van der Waals surface area contributed by atoms with Crippen LogP contribution in [0, 0.1) is 0 Å². The van der Waals surface area contributed by atoms with Crippen molar-refractivity contribution in [1.82, 2.24) is 25.1 Å². The second-order valence-corrected chi connectivity index (χ2v) is 5.95. The first-order valence-corrected chi connectivity index (χ1v) is 8.31. The summed E-state index contributed by atoms with van der Waals surface area (Å²) in [5, 5.41) is 13.6. The lowest BCUT2D eigenvalue weighted by atomic mass is 10.2. The average molecular weight is 327 g/mol. The minimum atomic E-state index is -0.0775. The Morgan fingerprint density at radius 2 is 1.96 bits per heavy atom. The fraction of sp³-hybridized carbons (Fsp3) is 0.250. The normalized spacial score (nSPS) is 10.7. The lowest BCUT2D eigenvalue weighted by molar-refractivity contribution is 0.0954. The molecule has 0 saturated carbocycles. The van der Waals surface area contributed by atoms with E-state index in [4.69, 9.17) is 0 Å². The summed E-state index contributed by atoms with van der Waals surface area (Å²) in [7, 11) is 0. The fourth-order valence-corrected chi connectivity index (χ4v) is 2.93. The number of carbonyl (C=O) groups is 1. The molecule has 0 saturated heterocycles. The van der Waals surface area contributed by atoms with Gasteiger partial charge in [0.25, 0.3) is 5.91 Å². The van der Waals surface area contributed by atoms with Crippen molar-refractivity contribution in [3.05, 3.63) is 58.6 Å². The van der Waals surface area contributed by atoms with Crippen molar-refractivity contribution in [2.24, 2.45) is 0 Å². The maximum atomic E-state index is 12.1. The van der Waals surface area contributed by atoms with Gasteiger partial charge in [0.05, 0.1) is 10.7 Å². The average Bonchev–Trinajstić information content (AvgIpc) is 3.26. The van der Waals surface area contributed by atoms with Crippen molar-refractivity contribution in [3.8, 4) is 5.69 Å². The number of hydrogen-bond acceptors (Lipinski definition) is 5. The Balaban J connectivity index is 1.53. The quantitative estimate of drug-likeness (QED) is 0.754. The number of aryl methyl sites for hydroxylation is 1. The molecule has 1 aromatic carbocycles. The maximum absolute atomic E-state index is 12.1. The van der Waals surface area contributed by atoms with E-state index in [0.717, 1.165) is 29.2 Å². The molecule has 0 fully saturated rings. The predicted octanol–water partition coefficient (Wildman–Crippen LogP) is 2.26. The fourth-order valence-electron chi connectivity index (χ4n) is 2.15. The van der Waals surface area contributed by atoms with E-state index in [1.165, 1.54) is 0 Å². The van der Waals surface area contributed by atoms with E-state index in [9.17, 15) is 4.79 Å². The van der Waals surface area contributed by atoms with Crippen molar-refractivity contribution in [3.63, 3.8) is 0 Å². The molecule has 0 aliphatic carbocycles. The molecule has 2 aromatic heterocycles. The van der Waals surface area contributed by atoms with Crippen molar-refractivity contribution < 1.29 is 4.79 Å². The Morgan fingerprint density at radius 1 is 1.22 bits per heavy atom. The SMILES string of the molecule is CCc1nc(CCNC(=O)c2ccc(-n3cnnc3)cc2)cs1. The van der Waals surface area contributed by atoms with E-state index in [1.54, 1.807) is 40.7 Å². The lowest BCUT2D eigenvalue weighted by Gasteiger charge is -2.06. The van der Waals surface area contributed by atoms with Gasteiger partial charge in [-0.1, -0.05) is 6.92 Å². The largest absolute Gasteiger partial charge is 0.352 e. The van der Waals surface area contributed by atoms with Gasteiger partial charge in [0.15, 0.2) is 0 Å². The molecule has 3 rings (SSSR count). The number of aromatic nitrogens is 4. The Kier molecular flexibility index (Phi) is 4.77. The van der Waals surface area contributed by atoms with Gasteiger partial charge in [0.2, 0.25) is 0 Å². The van der Waals surface area contributed by atoms with E-state index < -0.39 is 0 Å². The molecule has 0 atom stereocenters. The monoisotopic (exact) mass is 327 g/mol. The third kappa shape index (κ3) is 3.81. The smallest absolute Gasteiger partial charge is 0.251 e. The summed E-state index contributed by atoms with van der Waals surface area (Å²) in [5.41, 5.74) is 2.59. The molecule has 0 unspecified atom stereocenters. The van der Waals surface area contributed by atoms with Crippen LogP contribution in [-0.2, 0) is 12.8 Å². The van der Waals surface area contributed by atoms with E-state index >= 15 is 0 Å². The van der Waals surface area contributed by atoms with Crippen molar-refractivity contribution >= 4 is 17.2 Å². The highest BCUT2D eigenvalue weighted by molar-refractivity contribution is 7.09. The third-order valence-corrected chi connectivity index (χ3v) is 4.46. The molecule has 3 aromatic rings. The van der Waals surface area contributed by atoms with Crippen LogP contribution in [0.1, 0.15) is 28.0 Å². The Morgan fingerprint density at radius 3 is 2.61 bits per heavy atom. The van der Waals surface area contributed by atoms with E-state index in [0.29, 0.717) is 12.1 Å². The molecule has 1 N–H and O–H groups in total. The van der Waals surface area contributed by atoms with Crippen LogP contribution in [0.3, 0.4) is 0 Å². The second-order valence-electron chi connectivity index (χ2n) is 5.01. The summed E-state index contributed by atoms with van der Waals surface area (Å²) in [6.07, 6.45) is 4.94. The molecule has 23 heavy (non-hydrogen) atoms. The third-order valence-electron chi connectivity index (χ3n) is 3.41. The number of nitrogens with one attached hydrogen (secondary N) is 1. The number of thiazole rings is 1. The molecule has 0 aliphatic heterocycles. The molecule has 6 nitrogen and oxygen atoms in total. The van der Waals surface area contributed by atoms with Gasteiger partial charge in [-0.05, 0) is 30.7 Å². The van der Waals surface area contributed by atoms with Gasteiger partial charge in [0, 0.05) is 29.6 Å². The van der Waals surface area contributed by atoms with Crippen LogP contribution >= 0.6 is 11.3 Å². The van der Waals surface area contributed by atoms with Crippen LogP contribution in [0.4, 0.5) is 0 Å². The highest BCUT2D eigenvalue weighted by atomic mass is 32.1. The summed E-state index contributed by atoms with van der Waals surface area (Å²) in [4.78, 5) is 16.6. The first-order valence-electron chi connectivity index (χ1n) is 7.43. The van der Waals surface area contributed by atoms with Crippen LogP contribution in [0.15, 0.2) is 42.3 Å². The van der Waals surface area contributed by atoms with Crippen LogP contribution in [0.5, 0.6) is 0 Å². The summed E-state index contributed by atoms with van der Waals surface area (Å²) in [6.45, 7) is 2.67. The number of hydrogen-bond donors (Lipinski definition) is 1. The topological polar surface area (TPSA) is 72.7 Å². The zero-order chi connectivity index (χ0) is 16.1. The van der Waals surface area contributed by atoms with E-state index in [2.05, 4.69) is 32.8 Å². The number of amides is 1. The second kappa shape index (κ2) is 7.15. The van der Waals surface area contributed by atoms with Crippen LogP contribution in [0.25, 0.3) is 5.69 Å². The molecular weight excluding hydrogens is 310 g/mol. The first kappa shape index (κ1) is 15.4. The van der Waals surface area contributed by atoms with Gasteiger partial charge < -0.3 is 5.32 Å². The van der Waals surface area contributed by atoms with Crippen molar-refractivity contribution in [1.29, 1.82) is 0 Å². The number of benzene rings is 1. The first-order chi connectivity index (χ1) is 11.3. The van der Waals surface area contributed by atoms with Crippen molar-refractivity contribution in [2.45, 2.75) is 19.8 Å². The molecular formula is C16H17N5OS. The van der Waals surface area contributed by atoms with E-state index in [-0.39, 0.29) is 5.91 Å². The van der Waals surface area contributed by atoms with E-state index in [1.807, 2.05) is 12.1 Å². The number of carbonyl (C=O) groups excluding carboxylic acids is 1. The minimum Gasteiger partial charge on any atom is -0.352 e. The van der Waals surface area contributed by atoms with Gasteiger partial charge in [-0.3, -0.25) is 9.36 Å². The molecule has 0 radical (unpaired) electrons. The van der Waals surface area contributed by atoms with Crippen LogP contribution < -0.4 is 5.32 Å². The van der Waals surface area contributed by atoms with Crippen LogP contribution in [-0.4, -0.2) is 32.2 Å². The number of nitrogens with zero attached hydrogens (tertiary/aromatic N) is 4. The number of rotatable bonds is 6. The molecule has 2 heterocycles. The standard InChI is InChI=1S/C16H17N5OS/c1-2-15-20-13(9-23-15)7-8-17-16(22)12-3-5-14(6-4-12)21-10-18-19-11-21/h3-6,9-11H,2,7-8H2,1H3,(H,17,22). The Bertz CT molecular complexity index is 764.